The summed E-state index contributed by atoms with van der Waals surface area (Å²) in [4.78, 5) is 0. The highest BCUT2D eigenvalue weighted by Crippen LogP contribution is 2.25. The molecule has 0 bridgehead atoms. The largest absolute Gasteiger partial charge is 0.396 e. The number of hydrogen-bond acceptors (Lipinski definition) is 4. The highest BCUT2D eigenvalue weighted by atomic mass is 16.5. The van der Waals surface area contributed by atoms with Gasteiger partial charge in [-0.25, -0.2) is 0 Å². The molecule has 0 fully saturated rings. The van der Waals surface area contributed by atoms with E-state index < -0.39 is 0 Å². The smallest absolute Gasteiger partial charge is 0.229 e. The van der Waals surface area contributed by atoms with Crippen LogP contribution in [-0.4, -0.2) is 16.9 Å². The molecule has 15 heavy (non-hydrogen) atoms. The molecule has 2 rings (SSSR count). The number of rotatable bonds is 3. The maximum absolute atomic E-state index is 8.77. The first kappa shape index (κ1) is 9.73. The van der Waals surface area contributed by atoms with Gasteiger partial charge in [0.25, 0.3) is 0 Å². The average Bonchev–Trinajstić information content (AvgIpc) is 2.66. The van der Waals surface area contributed by atoms with Crippen LogP contribution in [-0.2, 0) is 6.42 Å². The summed E-state index contributed by atoms with van der Waals surface area (Å²) in [6.45, 7) is 0.161. The van der Waals surface area contributed by atoms with E-state index in [1.807, 2.05) is 24.3 Å². The molecule has 0 aliphatic heterocycles. The predicted octanol–water partition coefficient (Wildman–Crippen LogP) is 1.46. The van der Waals surface area contributed by atoms with E-state index >= 15 is 0 Å². The Kier molecular flexibility index (Phi) is 2.69. The fraction of sp³-hybridized carbons (Fsp3) is 0.182. The van der Waals surface area contributed by atoms with Crippen molar-refractivity contribution in [1.82, 2.24) is 5.16 Å². The maximum atomic E-state index is 8.77. The summed E-state index contributed by atoms with van der Waals surface area (Å²) in [5, 5.41) is 12.4. The Balaban J connectivity index is 2.28. The van der Waals surface area contributed by atoms with E-state index in [1.54, 1.807) is 6.20 Å². The molecular weight excluding hydrogens is 192 g/mol. The van der Waals surface area contributed by atoms with Crippen LogP contribution in [0.2, 0.25) is 0 Å². The summed E-state index contributed by atoms with van der Waals surface area (Å²) >= 11 is 0. The van der Waals surface area contributed by atoms with Crippen LogP contribution in [0.1, 0.15) is 5.56 Å². The van der Waals surface area contributed by atoms with Crippen LogP contribution in [0.25, 0.3) is 11.1 Å². The molecule has 1 aromatic carbocycles. The Morgan fingerprint density at radius 2 is 2.00 bits per heavy atom. The van der Waals surface area contributed by atoms with Crippen LogP contribution in [0.4, 0.5) is 5.88 Å². The number of aromatic nitrogens is 1. The molecule has 0 saturated heterocycles. The molecule has 3 N–H and O–H groups in total. The SMILES string of the molecule is Nc1oncc1-c1ccc(CCO)cc1. The van der Waals surface area contributed by atoms with E-state index in [2.05, 4.69) is 5.16 Å². The van der Waals surface area contributed by atoms with Crippen LogP contribution in [0.15, 0.2) is 35.0 Å². The van der Waals surface area contributed by atoms with Crippen LogP contribution in [0, 0.1) is 0 Å². The van der Waals surface area contributed by atoms with Crippen molar-refractivity contribution < 1.29 is 9.63 Å². The molecule has 1 heterocycles. The normalized spacial score (nSPS) is 10.5. The van der Waals surface area contributed by atoms with Gasteiger partial charge in [0.05, 0.1) is 11.8 Å². The second kappa shape index (κ2) is 4.14. The summed E-state index contributed by atoms with van der Waals surface area (Å²) in [6.07, 6.45) is 2.26. The lowest BCUT2D eigenvalue weighted by atomic mass is 10.1. The van der Waals surface area contributed by atoms with Crippen molar-refractivity contribution in [3.8, 4) is 11.1 Å². The van der Waals surface area contributed by atoms with Crippen molar-refractivity contribution in [1.29, 1.82) is 0 Å². The lowest BCUT2D eigenvalue weighted by molar-refractivity contribution is 0.299. The van der Waals surface area contributed by atoms with E-state index in [9.17, 15) is 0 Å². The first-order valence-electron chi connectivity index (χ1n) is 4.71. The van der Waals surface area contributed by atoms with Crippen molar-refractivity contribution >= 4 is 5.88 Å². The Hall–Kier alpha value is -1.81. The number of anilines is 1. The molecule has 0 unspecified atom stereocenters. The molecule has 0 spiro atoms. The van der Waals surface area contributed by atoms with E-state index in [-0.39, 0.29) is 6.61 Å². The molecule has 4 heteroatoms. The van der Waals surface area contributed by atoms with Gasteiger partial charge in [0.1, 0.15) is 0 Å². The van der Waals surface area contributed by atoms with E-state index in [0.29, 0.717) is 12.3 Å². The number of benzene rings is 1. The fourth-order valence-electron chi connectivity index (χ4n) is 1.45. The third kappa shape index (κ3) is 1.99. The third-order valence-electron chi connectivity index (χ3n) is 2.26. The molecule has 1 aromatic heterocycles. The van der Waals surface area contributed by atoms with Gasteiger partial charge in [-0.3, -0.25) is 0 Å². The average molecular weight is 204 g/mol. The zero-order valence-corrected chi connectivity index (χ0v) is 8.18. The summed E-state index contributed by atoms with van der Waals surface area (Å²) in [7, 11) is 0. The number of nitrogen functional groups attached to an aromatic ring is 1. The fourth-order valence-corrected chi connectivity index (χ4v) is 1.45. The van der Waals surface area contributed by atoms with Gasteiger partial charge >= 0.3 is 0 Å². The molecule has 0 radical (unpaired) electrons. The van der Waals surface area contributed by atoms with Crippen molar-refractivity contribution in [3.63, 3.8) is 0 Å². The Morgan fingerprint density at radius 3 is 2.53 bits per heavy atom. The number of aliphatic hydroxyl groups excluding tert-OH is 1. The highest BCUT2D eigenvalue weighted by Gasteiger charge is 2.06. The van der Waals surface area contributed by atoms with Gasteiger partial charge in [0, 0.05) is 6.61 Å². The van der Waals surface area contributed by atoms with Crippen LogP contribution in [0.3, 0.4) is 0 Å². The molecular formula is C11H12N2O2. The second-order valence-electron chi connectivity index (χ2n) is 3.27. The minimum absolute atomic E-state index is 0.161. The lowest BCUT2D eigenvalue weighted by Gasteiger charge is -2.00. The van der Waals surface area contributed by atoms with Gasteiger partial charge in [-0.05, 0) is 17.5 Å². The molecule has 4 nitrogen and oxygen atoms in total. The summed E-state index contributed by atoms with van der Waals surface area (Å²) in [6, 6.07) is 7.79. The van der Waals surface area contributed by atoms with E-state index in [4.69, 9.17) is 15.4 Å². The summed E-state index contributed by atoms with van der Waals surface area (Å²) in [5.41, 5.74) is 8.46. The first-order valence-corrected chi connectivity index (χ1v) is 4.71. The highest BCUT2D eigenvalue weighted by molar-refractivity contribution is 5.71. The van der Waals surface area contributed by atoms with Gasteiger partial charge < -0.3 is 15.4 Å². The van der Waals surface area contributed by atoms with E-state index in [0.717, 1.165) is 16.7 Å². The minimum atomic E-state index is 0.161. The quantitative estimate of drug-likeness (QED) is 0.793. The predicted molar refractivity (Wildman–Crippen MR) is 57.1 cm³/mol. The van der Waals surface area contributed by atoms with Crippen molar-refractivity contribution in [2.75, 3.05) is 12.3 Å². The maximum Gasteiger partial charge on any atom is 0.229 e. The molecule has 0 aliphatic carbocycles. The minimum Gasteiger partial charge on any atom is -0.396 e. The van der Waals surface area contributed by atoms with Crippen molar-refractivity contribution in [2.45, 2.75) is 6.42 Å². The standard InChI is InChI=1S/C11H12N2O2/c12-11-10(7-13-15-11)9-3-1-8(2-4-9)5-6-14/h1-4,7,14H,5-6,12H2. The summed E-state index contributed by atoms with van der Waals surface area (Å²) < 4.78 is 4.78. The van der Waals surface area contributed by atoms with Crippen molar-refractivity contribution in [3.05, 3.63) is 36.0 Å². The summed E-state index contributed by atoms with van der Waals surface area (Å²) in [5.74, 6) is 0.324. The zero-order valence-electron chi connectivity index (χ0n) is 8.18. The zero-order chi connectivity index (χ0) is 10.7. The number of hydrogen-bond donors (Lipinski definition) is 2. The molecule has 0 aliphatic rings. The molecule has 0 saturated carbocycles. The third-order valence-corrected chi connectivity index (χ3v) is 2.26. The number of nitrogens with two attached hydrogens (primary N) is 1. The van der Waals surface area contributed by atoms with Gasteiger partial charge in [-0.2, -0.15) is 0 Å². The van der Waals surface area contributed by atoms with Gasteiger partial charge in [-0.1, -0.05) is 29.4 Å². The molecule has 0 atom stereocenters. The van der Waals surface area contributed by atoms with Crippen molar-refractivity contribution in [2.24, 2.45) is 0 Å². The van der Waals surface area contributed by atoms with Gasteiger partial charge in [0.2, 0.25) is 5.88 Å². The van der Waals surface area contributed by atoms with Crippen LogP contribution >= 0.6 is 0 Å². The Labute approximate surface area is 87.3 Å². The number of aliphatic hydroxyl groups is 1. The lowest BCUT2D eigenvalue weighted by Crippen LogP contribution is -1.90. The van der Waals surface area contributed by atoms with Crippen LogP contribution < -0.4 is 5.73 Å². The van der Waals surface area contributed by atoms with Gasteiger partial charge in [-0.15, -0.1) is 0 Å². The molecule has 0 amide bonds. The first-order chi connectivity index (χ1) is 7.31. The Bertz CT molecular complexity index is 434. The van der Waals surface area contributed by atoms with E-state index in [1.165, 1.54) is 0 Å². The monoisotopic (exact) mass is 204 g/mol. The number of nitrogens with zero attached hydrogens (tertiary/aromatic N) is 1. The topological polar surface area (TPSA) is 72.3 Å². The van der Waals surface area contributed by atoms with Gasteiger partial charge in [0.15, 0.2) is 0 Å². The molecule has 78 valence electrons. The Morgan fingerprint density at radius 1 is 1.27 bits per heavy atom. The molecule has 2 aromatic rings. The van der Waals surface area contributed by atoms with Crippen LogP contribution in [0.5, 0.6) is 0 Å². The second-order valence-corrected chi connectivity index (χ2v) is 3.27.